The number of hydrogen-bond acceptors (Lipinski definition) is 4. The molecule has 7 heteroatoms. The Hall–Kier alpha value is -2.86. The smallest absolute Gasteiger partial charge is 0.255 e. The maximum absolute atomic E-state index is 13.0. The molecule has 0 bridgehead atoms. The van der Waals surface area contributed by atoms with Gasteiger partial charge in [-0.3, -0.25) is 9.78 Å². The molecule has 26 heavy (non-hydrogen) atoms. The number of pyridine rings is 1. The summed E-state index contributed by atoms with van der Waals surface area (Å²) in [6.07, 6.45) is 4.73. The first kappa shape index (κ1) is 16.6. The maximum Gasteiger partial charge on any atom is 0.255 e. The number of nitrogens with one attached hydrogen (secondary N) is 1. The Balaban J connectivity index is 1.69. The minimum Gasteiger partial charge on any atom is -0.497 e. The molecule has 0 radical (unpaired) electrons. The van der Waals surface area contributed by atoms with Gasteiger partial charge in [-0.25, -0.2) is 4.98 Å². The molecule has 0 fully saturated rings. The molecule has 1 aromatic carbocycles. The summed E-state index contributed by atoms with van der Waals surface area (Å²) in [6.45, 7) is 0.998. The Morgan fingerprint density at radius 1 is 1.35 bits per heavy atom. The number of hydrogen-bond donors (Lipinski definition) is 1. The van der Waals surface area contributed by atoms with Crippen molar-refractivity contribution in [2.24, 2.45) is 0 Å². The SMILES string of the molecule is COc1cccc(C2CN(C(=O)c3cncc(Cl)c3)Cc3[nH]cnc32)c1. The van der Waals surface area contributed by atoms with Crippen molar-refractivity contribution in [2.75, 3.05) is 13.7 Å². The monoisotopic (exact) mass is 368 g/mol. The Bertz CT molecular complexity index is 956. The fourth-order valence-electron chi connectivity index (χ4n) is 3.31. The van der Waals surface area contributed by atoms with Crippen LogP contribution in [-0.4, -0.2) is 39.4 Å². The van der Waals surface area contributed by atoms with Crippen molar-refractivity contribution in [3.8, 4) is 5.75 Å². The number of carbonyl (C=O) groups excluding carboxylic acids is 1. The Kier molecular flexibility index (Phi) is 4.34. The van der Waals surface area contributed by atoms with Crippen LogP contribution in [0.5, 0.6) is 5.75 Å². The number of benzene rings is 1. The summed E-state index contributed by atoms with van der Waals surface area (Å²) >= 11 is 5.99. The van der Waals surface area contributed by atoms with E-state index in [-0.39, 0.29) is 11.8 Å². The van der Waals surface area contributed by atoms with Crippen LogP contribution in [0.1, 0.15) is 33.2 Å². The third-order valence-corrected chi connectivity index (χ3v) is 4.78. The van der Waals surface area contributed by atoms with Crippen LogP contribution in [0, 0.1) is 0 Å². The van der Waals surface area contributed by atoms with Crippen molar-refractivity contribution in [3.05, 3.63) is 76.6 Å². The van der Waals surface area contributed by atoms with Gasteiger partial charge in [0.05, 0.1) is 42.0 Å². The van der Waals surface area contributed by atoms with E-state index in [0.717, 1.165) is 22.7 Å². The Morgan fingerprint density at radius 2 is 2.23 bits per heavy atom. The number of aromatic nitrogens is 3. The number of nitrogens with zero attached hydrogens (tertiary/aromatic N) is 3. The normalized spacial score (nSPS) is 16.2. The Labute approximate surface area is 155 Å². The van der Waals surface area contributed by atoms with Crippen LogP contribution < -0.4 is 4.74 Å². The number of fused-ring (bicyclic) bond motifs is 1. The molecule has 1 aliphatic rings. The zero-order valence-electron chi connectivity index (χ0n) is 14.1. The van der Waals surface area contributed by atoms with Gasteiger partial charge in [0, 0.05) is 24.9 Å². The lowest BCUT2D eigenvalue weighted by molar-refractivity contribution is 0.0721. The number of amides is 1. The van der Waals surface area contributed by atoms with Crippen LogP contribution in [0.25, 0.3) is 0 Å². The van der Waals surface area contributed by atoms with Crippen molar-refractivity contribution in [1.82, 2.24) is 19.9 Å². The molecular weight excluding hydrogens is 352 g/mol. The van der Waals surface area contributed by atoms with E-state index in [9.17, 15) is 4.79 Å². The molecule has 4 rings (SSSR count). The first-order valence-corrected chi connectivity index (χ1v) is 8.59. The second-order valence-corrected chi connectivity index (χ2v) is 6.61. The highest BCUT2D eigenvalue weighted by atomic mass is 35.5. The molecular formula is C19H17ClN4O2. The highest BCUT2D eigenvalue weighted by molar-refractivity contribution is 6.30. The number of carbonyl (C=O) groups is 1. The third kappa shape index (κ3) is 3.04. The molecule has 6 nitrogen and oxygen atoms in total. The average molecular weight is 369 g/mol. The van der Waals surface area contributed by atoms with Crippen LogP contribution in [0.4, 0.5) is 0 Å². The van der Waals surface area contributed by atoms with Gasteiger partial charge in [0.25, 0.3) is 5.91 Å². The quantitative estimate of drug-likeness (QED) is 0.770. The number of aromatic amines is 1. The second-order valence-electron chi connectivity index (χ2n) is 6.17. The summed E-state index contributed by atoms with van der Waals surface area (Å²) in [6, 6.07) is 9.50. The highest BCUT2D eigenvalue weighted by Gasteiger charge is 2.32. The largest absolute Gasteiger partial charge is 0.497 e. The van der Waals surface area contributed by atoms with E-state index in [1.165, 1.54) is 12.4 Å². The lowest BCUT2D eigenvalue weighted by atomic mass is 9.90. The first-order chi connectivity index (χ1) is 12.7. The molecule has 1 N–H and O–H groups in total. The summed E-state index contributed by atoms with van der Waals surface area (Å²) in [5, 5.41) is 0.444. The molecule has 1 atom stereocenters. The van der Waals surface area contributed by atoms with Gasteiger partial charge in [-0.15, -0.1) is 0 Å². The lowest BCUT2D eigenvalue weighted by Crippen LogP contribution is -2.38. The summed E-state index contributed by atoms with van der Waals surface area (Å²) in [5.41, 5.74) is 3.43. The molecule has 1 unspecified atom stereocenters. The lowest BCUT2D eigenvalue weighted by Gasteiger charge is -2.32. The van der Waals surface area contributed by atoms with Gasteiger partial charge >= 0.3 is 0 Å². The minimum atomic E-state index is -0.104. The number of imidazole rings is 1. The van der Waals surface area contributed by atoms with E-state index in [1.807, 2.05) is 24.3 Å². The summed E-state index contributed by atoms with van der Waals surface area (Å²) in [4.78, 5) is 26.4. The van der Waals surface area contributed by atoms with E-state index in [4.69, 9.17) is 16.3 Å². The Morgan fingerprint density at radius 3 is 3.04 bits per heavy atom. The van der Waals surface area contributed by atoms with Gasteiger partial charge in [-0.1, -0.05) is 23.7 Å². The van der Waals surface area contributed by atoms with Gasteiger partial charge in [-0.05, 0) is 23.8 Å². The van der Waals surface area contributed by atoms with Gasteiger partial charge < -0.3 is 14.6 Å². The first-order valence-electron chi connectivity index (χ1n) is 8.21. The number of H-pyrrole nitrogens is 1. The summed E-state index contributed by atoms with van der Waals surface area (Å²) in [7, 11) is 1.64. The standard InChI is InChI=1S/C19H17ClN4O2/c1-26-15-4-2-3-12(6-15)16-9-24(10-17-18(16)23-11-22-17)19(25)13-5-14(20)8-21-7-13/h2-8,11,16H,9-10H2,1H3,(H,22,23). The van der Waals surface area contributed by atoms with E-state index in [1.54, 1.807) is 24.4 Å². The van der Waals surface area contributed by atoms with E-state index in [2.05, 4.69) is 15.0 Å². The number of rotatable bonds is 3. The average Bonchev–Trinajstić information content (AvgIpc) is 3.15. The number of ether oxygens (including phenoxy) is 1. The molecule has 2 aromatic heterocycles. The molecule has 1 amide bonds. The number of halogens is 1. The topological polar surface area (TPSA) is 71.1 Å². The van der Waals surface area contributed by atoms with Gasteiger partial charge in [-0.2, -0.15) is 0 Å². The highest BCUT2D eigenvalue weighted by Crippen LogP contribution is 2.33. The van der Waals surface area contributed by atoms with Gasteiger partial charge in [0.2, 0.25) is 0 Å². The third-order valence-electron chi connectivity index (χ3n) is 4.57. The van der Waals surface area contributed by atoms with Crippen LogP contribution >= 0.6 is 11.6 Å². The molecule has 0 aliphatic carbocycles. The molecule has 0 saturated carbocycles. The van der Waals surface area contributed by atoms with Crippen molar-refractivity contribution < 1.29 is 9.53 Å². The van der Waals surface area contributed by atoms with E-state index in [0.29, 0.717) is 23.7 Å². The van der Waals surface area contributed by atoms with Crippen LogP contribution in [0.3, 0.4) is 0 Å². The number of methoxy groups -OCH3 is 1. The minimum absolute atomic E-state index is 0.0313. The van der Waals surface area contributed by atoms with Gasteiger partial charge in [0.15, 0.2) is 0 Å². The van der Waals surface area contributed by atoms with Crippen LogP contribution in [-0.2, 0) is 6.54 Å². The molecule has 132 valence electrons. The molecule has 0 spiro atoms. The van der Waals surface area contributed by atoms with Crippen LogP contribution in [0.2, 0.25) is 5.02 Å². The zero-order valence-corrected chi connectivity index (χ0v) is 14.9. The van der Waals surface area contributed by atoms with Crippen molar-refractivity contribution in [2.45, 2.75) is 12.5 Å². The van der Waals surface area contributed by atoms with Crippen molar-refractivity contribution in [3.63, 3.8) is 0 Å². The summed E-state index contributed by atoms with van der Waals surface area (Å²) < 4.78 is 5.34. The van der Waals surface area contributed by atoms with Crippen molar-refractivity contribution in [1.29, 1.82) is 0 Å². The van der Waals surface area contributed by atoms with E-state index >= 15 is 0 Å². The molecule has 0 saturated heterocycles. The predicted molar refractivity (Wildman–Crippen MR) is 97.4 cm³/mol. The summed E-state index contributed by atoms with van der Waals surface area (Å²) in [5.74, 6) is 0.645. The molecule has 3 aromatic rings. The maximum atomic E-state index is 13.0. The van der Waals surface area contributed by atoms with Gasteiger partial charge in [0.1, 0.15) is 5.75 Å². The van der Waals surface area contributed by atoms with Crippen molar-refractivity contribution >= 4 is 17.5 Å². The molecule has 1 aliphatic heterocycles. The molecule has 3 heterocycles. The second kappa shape index (κ2) is 6.80. The van der Waals surface area contributed by atoms with E-state index < -0.39 is 0 Å². The fraction of sp³-hybridized carbons (Fsp3) is 0.211. The fourth-order valence-corrected chi connectivity index (χ4v) is 3.48. The zero-order chi connectivity index (χ0) is 18.1. The van der Waals surface area contributed by atoms with Crippen LogP contribution in [0.15, 0.2) is 49.1 Å². The predicted octanol–water partition coefficient (Wildman–Crippen LogP) is 3.25.